The topological polar surface area (TPSA) is 84.9 Å². The molecule has 0 aliphatic carbocycles. The van der Waals surface area contributed by atoms with E-state index in [1.165, 1.54) is 7.11 Å². The number of methoxy groups -OCH3 is 1. The number of nitrogens with one attached hydrogen (secondary N) is 1. The predicted molar refractivity (Wildman–Crippen MR) is 106 cm³/mol. The van der Waals surface area contributed by atoms with Crippen molar-refractivity contribution in [1.82, 2.24) is 0 Å². The number of carbonyl (C=O) groups is 1. The molecule has 0 saturated carbocycles. The van der Waals surface area contributed by atoms with Crippen LogP contribution in [0.5, 0.6) is 11.5 Å². The van der Waals surface area contributed by atoms with Gasteiger partial charge in [0.05, 0.1) is 19.1 Å². The maximum Gasteiger partial charge on any atom is 0.245 e. The van der Waals surface area contributed by atoms with E-state index in [1.54, 1.807) is 54.6 Å². The van der Waals surface area contributed by atoms with Crippen LogP contribution in [0.1, 0.15) is 0 Å². The first-order chi connectivity index (χ1) is 12.8. The number of nitrogens with zero attached hydrogens (tertiary/aromatic N) is 1. The first-order valence-electron chi connectivity index (χ1n) is 8.09. The summed E-state index contributed by atoms with van der Waals surface area (Å²) < 4.78 is 36.1. The van der Waals surface area contributed by atoms with E-state index in [0.29, 0.717) is 29.5 Å². The number of sulfonamides is 1. The molecule has 0 aliphatic heterocycles. The molecule has 0 atom stereocenters. The van der Waals surface area contributed by atoms with Crippen LogP contribution in [-0.2, 0) is 14.8 Å². The monoisotopic (exact) mass is 390 g/mol. The van der Waals surface area contributed by atoms with E-state index < -0.39 is 22.5 Å². The molecule has 144 valence electrons. The lowest BCUT2D eigenvalue weighted by molar-refractivity contribution is -0.114. The first-order valence-corrected chi connectivity index (χ1v) is 9.94. The summed E-state index contributed by atoms with van der Waals surface area (Å²) in [6, 6.07) is 13.4. The number of carbonyl (C=O) groups excluding carboxylic acids is 1. The van der Waals surface area contributed by atoms with Crippen molar-refractivity contribution < 1.29 is 22.7 Å². The summed E-state index contributed by atoms with van der Waals surface area (Å²) in [4.78, 5) is 12.5. The van der Waals surface area contributed by atoms with Gasteiger partial charge in [-0.2, -0.15) is 0 Å². The zero-order chi connectivity index (χ0) is 19.9. The van der Waals surface area contributed by atoms with Crippen molar-refractivity contribution in [2.45, 2.75) is 0 Å². The van der Waals surface area contributed by atoms with Gasteiger partial charge in [-0.15, -0.1) is 0 Å². The lowest BCUT2D eigenvalue weighted by atomic mass is 10.3. The Morgan fingerprint density at radius 1 is 1.22 bits per heavy atom. The molecule has 0 bridgehead atoms. The van der Waals surface area contributed by atoms with Crippen LogP contribution in [0.4, 0.5) is 11.4 Å². The van der Waals surface area contributed by atoms with Gasteiger partial charge in [0, 0.05) is 11.8 Å². The van der Waals surface area contributed by atoms with Crippen LogP contribution in [0, 0.1) is 0 Å². The summed E-state index contributed by atoms with van der Waals surface area (Å²) >= 11 is 0. The van der Waals surface area contributed by atoms with Gasteiger partial charge in [-0.25, -0.2) is 8.42 Å². The summed E-state index contributed by atoms with van der Waals surface area (Å²) in [5.74, 6) is 0.431. The maximum atomic E-state index is 12.5. The van der Waals surface area contributed by atoms with Gasteiger partial charge < -0.3 is 14.8 Å². The fourth-order valence-corrected chi connectivity index (χ4v) is 3.23. The van der Waals surface area contributed by atoms with Crippen LogP contribution in [0.15, 0.2) is 61.2 Å². The average molecular weight is 390 g/mol. The predicted octanol–water partition coefficient (Wildman–Crippen LogP) is 2.66. The van der Waals surface area contributed by atoms with E-state index in [0.717, 1.165) is 10.6 Å². The Balaban J connectivity index is 2.19. The largest absolute Gasteiger partial charge is 0.495 e. The van der Waals surface area contributed by atoms with E-state index in [1.807, 2.05) is 0 Å². The van der Waals surface area contributed by atoms with Gasteiger partial charge in [-0.05, 0) is 24.3 Å². The SMILES string of the molecule is C=CCOc1cccc(NC(=O)CN(c2ccccc2OC)S(C)(=O)=O)c1. The van der Waals surface area contributed by atoms with Crippen LogP contribution in [-0.4, -0.2) is 40.8 Å². The molecule has 0 unspecified atom stereocenters. The Labute approximate surface area is 159 Å². The van der Waals surface area contributed by atoms with Gasteiger partial charge >= 0.3 is 0 Å². The van der Waals surface area contributed by atoms with E-state index >= 15 is 0 Å². The molecule has 0 fully saturated rings. The number of para-hydroxylation sites is 2. The van der Waals surface area contributed by atoms with Crippen molar-refractivity contribution in [1.29, 1.82) is 0 Å². The van der Waals surface area contributed by atoms with Gasteiger partial charge in [0.25, 0.3) is 0 Å². The second-order valence-electron chi connectivity index (χ2n) is 5.62. The van der Waals surface area contributed by atoms with Crippen LogP contribution >= 0.6 is 0 Å². The van der Waals surface area contributed by atoms with Crippen molar-refractivity contribution in [3.8, 4) is 11.5 Å². The zero-order valence-electron chi connectivity index (χ0n) is 15.2. The molecule has 0 heterocycles. The molecule has 0 spiro atoms. The second-order valence-corrected chi connectivity index (χ2v) is 7.52. The number of hydrogen-bond donors (Lipinski definition) is 1. The fraction of sp³-hybridized carbons (Fsp3) is 0.211. The second kappa shape index (κ2) is 9.09. The summed E-state index contributed by atoms with van der Waals surface area (Å²) in [5.41, 5.74) is 0.788. The standard InChI is InChI=1S/C19H22N2O5S/c1-4-12-26-16-9-7-8-15(13-16)20-19(22)14-21(27(3,23)24)17-10-5-6-11-18(17)25-2/h4-11,13H,1,12,14H2,2-3H3,(H,20,22). The third-order valence-electron chi connectivity index (χ3n) is 3.53. The van der Waals surface area contributed by atoms with Gasteiger partial charge in [0.2, 0.25) is 15.9 Å². The highest BCUT2D eigenvalue weighted by Gasteiger charge is 2.23. The Hall–Kier alpha value is -3.00. The molecule has 2 aromatic rings. The van der Waals surface area contributed by atoms with Crippen molar-refractivity contribution in [3.05, 3.63) is 61.2 Å². The van der Waals surface area contributed by atoms with Crippen LogP contribution in [0.25, 0.3) is 0 Å². The van der Waals surface area contributed by atoms with Crippen molar-refractivity contribution in [2.24, 2.45) is 0 Å². The zero-order valence-corrected chi connectivity index (χ0v) is 16.0. The molecule has 8 heteroatoms. The van der Waals surface area contributed by atoms with Crippen LogP contribution in [0.2, 0.25) is 0 Å². The highest BCUT2D eigenvalue weighted by atomic mass is 32.2. The van der Waals surface area contributed by atoms with Crippen molar-refractivity contribution in [2.75, 3.05) is 36.1 Å². The Kier molecular flexibility index (Phi) is 6.84. The smallest absolute Gasteiger partial charge is 0.245 e. The number of ether oxygens (including phenoxy) is 2. The Bertz CT molecular complexity index is 912. The Morgan fingerprint density at radius 2 is 1.96 bits per heavy atom. The van der Waals surface area contributed by atoms with Crippen LogP contribution < -0.4 is 19.1 Å². The molecule has 0 aliphatic rings. The summed E-state index contributed by atoms with van der Waals surface area (Å²) in [6.07, 6.45) is 2.65. The third-order valence-corrected chi connectivity index (χ3v) is 4.65. The fourth-order valence-electron chi connectivity index (χ4n) is 2.37. The molecule has 2 rings (SSSR count). The Morgan fingerprint density at radius 3 is 2.63 bits per heavy atom. The lowest BCUT2D eigenvalue weighted by Gasteiger charge is -2.23. The molecule has 0 saturated heterocycles. The number of benzene rings is 2. The van der Waals surface area contributed by atoms with Crippen molar-refractivity contribution >= 4 is 27.3 Å². The van der Waals surface area contributed by atoms with Gasteiger partial charge in [0.1, 0.15) is 24.7 Å². The minimum atomic E-state index is -3.70. The number of anilines is 2. The van der Waals surface area contributed by atoms with Gasteiger partial charge in [0.15, 0.2) is 0 Å². The highest BCUT2D eigenvalue weighted by molar-refractivity contribution is 7.92. The van der Waals surface area contributed by atoms with E-state index in [2.05, 4.69) is 11.9 Å². The summed E-state index contributed by atoms with van der Waals surface area (Å²) in [7, 11) is -2.26. The quantitative estimate of drug-likeness (QED) is 0.666. The van der Waals surface area contributed by atoms with Crippen molar-refractivity contribution in [3.63, 3.8) is 0 Å². The molecule has 0 radical (unpaired) electrons. The van der Waals surface area contributed by atoms with E-state index in [9.17, 15) is 13.2 Å². The highest BCUT2D eigenvalue weighted by Crippen LogP contribution is 2.29. The molecule has 27 heavy (non-hydrogen) atoms. The number of amides is 1. The molecule has 0 aromatic heterocycles. The van der Waals surface area contributed by atoms with E-state index in [-0.39, 0.29) is 0 Å². The van der Waals surface area contributed by atoms with Gasteiger partial charge in [-0.1, -0.05) is 30.9 Å². The number of rotatable bonds is 9. The van der Waals surface area contributed by atoms with Crippen LogP contribution in [0.3, 0.4) is 0 Å². The average Bonchev–Trinajstić information content (AvgIpc) is 2.64. The van der Waals surface area contributed by atoms with Gasteiger partial charge in [-0.3, -0.25) is 9.10 Å². The molecule has 2 aromatic carbocycles. The lowest BCUT2D eigenvalue weighted by Crippen LogP contribution is -2.37. The first kappa shape index (κ1) is 20.3. The third kappa shape index (κ3) is 5.75. The molecule has 7 nitrogen and oxygen atoms in total. The molecular weight excluding hydrogens is 368 g/mol. The molecule has 1 amide bonds. The summed E-state index contributed by atoms with van der Waals surface area (Å²) in [5, 5.41) is 2.68. The minimum absolute atomic E-state index is 0.292. The number of hydrogen-bond acceptors (Lipinski definition) is 5. The summed E-state index contributed by atoms with van der Waals surface area (Å²) in [6.45, 7) is 3.53. The maximum absolute atomic E-state index is 12.5. The molecular formula is C19H22N2O5S. The van der Waals surface area contributed by atoms with E-state index in [4.69, 9.17) is 9.47 Å². The normalized spacial score (nSPS) is 10.7. The minimum Gasteiger partial charge on any atom is -0.495 e. The molecule has 1 N–H and O–H groups in total.